The van der Waals surface area contributed by atoms with E-state index in [0.717, 1.165) is 32.1 Å². The molecule has 1 unspecified atom stereocenters. The number of nitrogens with two attached hydrogens (primary N) is 1. The maximum absolute atomic E-state index is 14.0. The van der Waals surface area contributed by atoms with E-state index in [9.17, 15) is 4.39 Å². The van der Waals surface area contributed by atoms with Crippen LogP contribution in [0, 0.1) is 12.7 Å². The van der Waals surface area contributed by atoms with Crippen molar-refractivity contribution in [1.29, 1.82) is 0 Å². The number of nitrogens with one attached hydrogen (secondary N) is 1. The van der Waals surface area contributed by atoms with Crippen LogP contribution in [-0.2, 0) is 0 Å². The topological polar surface area (TPSA) is 38.0 Å². The quantitative estimate of drug-likeness (QED) is 0.319. The number of hydrogen-bond acceptors (Lipinski definition) is 2. The minimum absolute atomic E-state index is 0.103. The summed E-state index contributed by atoms with van der Waals surface area (Å²) in [7, 11) is 0. The standard InChI is InChI=1S/C15H23FN2/c1-3-4-5-6-7-11-14(18-17)13-10-8-9-12(2)15(13)16/h3,8-10,14,18H,1,4-7,11,17H2,2H3. The minimum Gasteiger partial charge on any atom is -0.271 e. The maximum atomic E-state index is 14.0. The van der Waals surface area contributed by atoms with Crippen LogP contribution < -0.4 is 11.3 Å². The van der Waals surface area contributed by atoms with Gasteiger partial charge in [-0.05, 0) is 31.7 Å². The van der Waals surface area contributed by atoms with Gasteiger partial charge in [0.25, 0.3) is 0 Å². The van der Waals surface area contributed by atoms with Gasteiger partial charge in [0.2, 0.25) is 0 Å². The zero-order valence-corrected chi connectivity index (χ0v) is 11.1. The van der Waals surface area contributed by atoms with Gasteiger partial charge in [-0.3, -0.25) is 11.3 Å². The zero-order valence-electron chi connectivity index (χ0n) is 11.1. The van der Waals surface area contributed by atoms with Gasteiger partial charge in [-0.2, -0.15) is 0 Å². The Kier molecular flexibility index (Phi) is 6.61. The average Bonchev–Trinajstić information content (AvgIpc) is 2.38. The van der Waals surface area contributed by atoms with Gasteiger partial charge in [0.05, 0.1) is 0 Å². The molecule has 3 heteroatoms. The Labute approximate surface area is 109 Å². The second-order valence-corrected chi connectivity index (χ2v) is 4.62. The normalized spacial score (nSPS) is 12.4. The molecule has 1 rings (SSSR count). The predicted molar refractivity (Wildman–Crippen MR) is 74.5 cm³/mol. The number of rotatable bonds is 8. The molecule has 0 aromatic heterocycles. The predicted octanol–water partition coefficient (Wildman–Crippen LogP) is 3.78. The molecule has 0 heterocycles. The van der Waals surface area contributed by atoms with Crippen LogP contribution in [0.5, 0.6) is 0 Å². The highest BCUT2D eigenvalue weighted by molar-refractivity contribution is 5.27. The fraction of sp³-hybridized carbons (Fsp3) is 0.467. The van der Waals surface area contributed by atoms with Crippen molar-refractivity contribution in [2.24, 2.45) is 5.84 Å². The van der Waals surface area contributed by atoms with Gasteiger partial charge in [-0.25, -0.2) is 4.39 Å². The summed E-state index contributed by atoms with van der Waals surface area (Å²) in [6, 6.07) is 5.34. The summed E-state index contributed by atoms with van der Waals surface area (Å²) in [5, 5.41) is 0. The summed E-state index contributed by atoms with van der Waals surface area (Å²) in [6.45, 7) is 5.47. The molecule has 0 fully saturated rings. The fourth-order valence-electron chi connectivity index (χ4n) is 2.08. The monoisotopic (exact) mass is 250 g/mol. The van der Waals surface area contributed by atoms with Crippen molar-refractivity contribution in [2.45, 2.75) is 45.1 Å². The number of halogens is 1. The number of unbranched alkanes of at least 4 members (excludes halogenated alkanes) is 3. The van der Waals surface area contributed by atoms with E-state index in [1.807, 2.05) is 12.1 Å². The molecule has 1 aromatic carbocycles. The van der Waals surface area contributed by atoms with Crippen LogP contribution in [-0.4, -0.2) is 0 Å². The number of aryl methyl sites for hydroxylation is 1. The second kappa shape index (κ2) is 8.01. The molecular weight excluding hydrogens is 227 g/mol. The molecule has 1 atom stereocenters. The average molecular weight is 250 g/mol. The molecule has 0 aliphatic rings. The van der Waals surface area contributed by atoms with Crippen molar-refractivity contribution in [3.8, 4) is 0 Å². The minimum atomic E-state index is -0.147. The molecule has 18 heavy (non-hydrogen) atoms. The Bertz CT molecular complexity index is 377. The number of benzene rings is 1. The third kappa shape index (κ3) is 4.24. The molecule has 0 spiro atoms. The smallest absolute Gasteiger partial charge is 0.130 e. The van der Waals surface area contributed by atoms with Gasteiger partial charge in [0.1, 0.15) is 5.82 Å². The maximum Gasteiger partial charge on any atom is 0.130 e. The molecule has 0 bridgehead atoms. The molecule has 0 aliphatic heterocycles. The summed E-state index contributed by atoms with van der Waals surface area (Å²) in [5.41, 5.74) is 4.05. The van der Waals surface area contributed by atoms with Crippen molar-refractivity contribution in [2.75, 3.05) is 0 Å². The molecule has 1 aromatic rings. The third-order valence-corrected chi connectivity index (χ3v) is 3.20. The Morgan fingerprint density at radius 1 is 1.39 bits per heavy atom. The van der Waals surface area contributed by atoms with Crippen molar-refractivity contribution < 1.29 is 4.39 Å². The SMILES string of the molecule is C=CCCCCCC(NN)c1cccc(C)c1F. The molecule has 0 amide bonds. The number of allylic oxidation sites excluding steroid dienone is 1. The molecule has 0 radical (unpaired) electrons. The van der Waals surface area contributed by atoms with Crippen molar-refractivity contribution in [3.05, 3.63) is 47.8 Å². The van der Waals surface area contributed by atoms with Gasteiger partial charge in [0.15, 0.2) is 0 Å². The molecule has 3 N–H and O–H groups in total. The van der Waals surface area contributed by atoms with Crippen LogP contribution in [0.15, 0.2) is 30.9 Å². The summed E-state index contributed by atoms with van der Waals surface area (Å²) in [4.78, 5) is 0. The molecule has 2 nitrogen and oxygen atoms in total. The third-order valence-electron chi connectivity index (χ3n) is 3.20. The highest BCUT2D eigenvalue weighted by atomic mass is 19.1. The van der Waals surface area contributed by atoms with Crippen molar-refractivity contribution in [3.63, 3.8) is 0 Å². The molecule has 0 saturated carbocycles. The lowest BCUT2D eigenvalue weighted by Gasteiger charge is -2.17. The van der Waals surface area contributed by atoms with Crippen LogP contribution in [0.1, 0.15) is 49.3 Å². The van der Waals surface area contributed by atoms with Gasteiger partial charge in [-0.15, -0.1) is 6.58 Å². The summed E-state index contributed by atoms with van der Waals surface area (Å²) in [6.07, 6.45) is 7.12. The Hall–Kier alpha value is -1.19. The highest BCUT2D eigenvalue weighted by Gasteiger charge is 2.14. The van der Waals surface area contributed by atoms with Gasteiger partial charge in [-0.1, -0.05) is 37.1 Å². The Balaban J connectivity index is 2.55. The molecule has 0 aliphatic carbocycles. The lowest BCUT2D eigenvalue weighted by atomic mass is 9.98. The van der Waals surface area contributed by atoms with E-state index in [2.05, 4.69) is 12.0 Å². The van der Waals surface area contributed by atoms with E-state index in [-0.39, 0.29) is 11.9 Å². The zero-order chi connectivity index (χ0) is 13.4. The van der Waals surface area contributed by atoms with Crippen LogP contribution in [0.3, 0.4) is 0 Å². The molecular formula is C15H23FN2. The fourth-order valence-corrected chi connectivity index (χ4v) is 2.08. The van der Waals surface area contributed by atoms with E-state index < -0.39 is 0 Å². The molecule has 100 valence electrons. The molecule has 0 saturated heterocycles. The highest BCUT2D eigenvalue weighted by Crippen LogP contribution is 2.23. The first kappa shape index (κ1) is 14.9. The number of hydrazine groups is 1. The van der Waals surface area contributed by atoms with Gasteiger partial charge < -0.3 is 0 Å². The van der Waals surface area contributed by atoms with Crippen molar-refractivity contribution >= 4 is 0 Å². The lowest BCUT2D eigenvalue weighted by Crippen LogP contribution is -2.28. The summed E-state index contributed by atoms with van der Waals surface area (Å²) >= 11 is 0. The van der Waals surface area contributed by atoms with E-state index >= 15 is 0 Å². The Morgan fingerprint density at radius 2 is 2.17 bits per heavy atom. The summed E-state index contributed by atoms with van der Waals surface area (Å²) < 4.78 is 14.0. The Morgan fingerprint density at radius 3 is 2.83 bits per heavy atom. The lowest BCUT2D eigenvalue weighted by molar-refractivity contribution is 0.460. The van der Waals surface area contributed by atoms with Crippen LogP contribution >= 0.6 is 0 Å². The van der Waals surface area contributed by atoms with Crippen LogP contribution in [0.25, 0.3) is 0 Å². The van der Waals surface area contributed by atoms with Gasteiger partial charge >= 0.3 is 0 Å². The first-order valence-electron chi connectivity index (χ1n) is 6.52. The first-order valence-corrected chi connectivity index (χ1v) is 6.52. The van der Waals surface area contributed by atoms with E-state index in [4.69, 9.17) is 5.84 Å². The van der Waals surface area contributed by atoms with E-state index in [0.29, 0.717) is 11.1 Å². The van der Waals surface area contributed by atoms with Gasteiger partial charge in [0, 0.05) is 11.6 Å². The van der Waals surface area contributed by atoms with Crippen molar-refractivity contribution in [1.82, 2.24) is 5.43 Å². The number of hydrogen-bond donors (Lipinski definition) is 2. The second-order valence-electron chi connectivity index (χ2n) is 4.62. The van der Waals surface area contributed by atoms with Crippen LogP contribution in [0.4, 0.5) is 4.39 Å². The first-order chi connectivity index (χ1) is 8.70. The van der Waals surface area contributed by atoms with Crippen LogP contribution in [0.2, 0.25) is 0 Å². The largest absolute Gasteiger partial charge is 0.271 e. The summed E-state index contributed by atoms with van der Waals surface area (Å²) in [5.74, 6) is 5.39. The van der Waals surface area contributed by atoms with E-state index in [1.54, 1.807) is 19.1 Å². The van der Waals surface area contributed by atoms with E-state index in [1.165, 1.54) is 0 Å².